The zero-order valence-electron chi connectivity index (χ0n) is 41.1. The van der Waals surface area contributed by atoms with Gasteiger partial charge in [0.25, 0.3) is 11.8 Å². The molecule has 8 heterocycles. The second-order valence-corrected chi connectivity index (χ2v) is 24.7. The number of methoxy groups -OCH3 is 1. The number of piperidine rings is 4. The molecule has 5 aromatic rings. The van der Waals surface area contributed by atoms with Crippen LogP contribution in [-0.4, -0.2) is 149 Å². The van der Waals surface area contributed by atoms with E-state index in [9.17, 15) is 23.7 Å². The average Bonchev–Trinajstić information content (AvgIpc) is 3.60. The maximum absolute atomic E-state index is 13.5. The minimum absolute atomic E-state index is 0.0993. The second-order valence-electron chi connectivity index (χ2n) is 20.7. The number of aromatic nitrogens is 4. The van der Waals surface area contributed by atoms with Crippen molar-refractivity contribution in [2.24, 2.45) is 5.41 Å². The van der Waals surface area contributed by atoms with Gasteiger partial charge in [0.05, 0.1) is 44.9 Å². The maximum atomic E-state index is 13.5. The topological polar surface area (TPSA) is 198 Å². The number of ether oxygens (including phenoxy) is 1. The number of rotatable bonds is 11. The Balaban J connectivity index is 0.654. The lowest BCUT2D eigenvalue weighted by molar-refractivity contribution is -0.136. The lowest BCUT2D eigenvalue weighted by atomic mass is 9.70. The standard InChI is InChI=1S/C52H60BrN12O6P/c1-31-25-40(58-51-56-28-37(53)47(60-51)57-39-8-7-38-45(55-18-17-54-38)46(39)72(3,4)70)43(71-2)27-42(31)63-23-15-52(16-24-63)13-21-62(22-14-52)32-11-19-61(20-12-32)34-29-64(30-34)33-5-6-35-36(26-33)50(69)65(49(35)68)41-9-10-44(66)59-48(41)67/h5-8,17-18,25-28,32,34,41H,9-16,19-24,29-30H2,1-4H3,(H,59,66,67)(H2,56,57,58,60). The molecule has 2 aromatic heterocycles. The lowest BCUT2D eigenvalue weighted by Gasteiger charge is -2.52. The highest BCUT2D eigenvalue weighted by molar-refractivity contribution is 9.10. The van der Waals surface area contributed by atoms with Crippen molar-refractivity contribution in [3.8, 4) is 5.75 Å². The highest BCUT2D eigenvalue weighted by Gasteiger charge is 2.46. The Labute approximate surface area is 427 Å². The van der Waals surface area contributed by atoms with E-state index in [2.05, 4.69) is 85.5 Å². The number of halogens is 1. The van der Waals surface area contributed by atoms with Crippen molar-refractivity contribution in [2.75, 3.05) is 93.2 Å². The number of carbonyl (C=O) groups is 4. The number of imide groups is 2. The van der Waals surface area contributed by atoms with E-state index in [0.717, 1.165) is 74.2 Å². The Bertz CT molecular complexity index is 3050. The number of likely N-dealkylation sites (tertiary alicyclic amines) is 2. The summed E-state index contributed by atoms with van der Waals surface area (Å²) in [5, 5.41) is 9.66. The van der Waals surface area contributed by atoms with Crippen LogP contribution in [0.2, 0.25) is 0 Å². The molecule has 3 aromatic carbocycles. The minimum atomic E-state index is -2.78. The molecule has 18 nitrogen and oxygen atoms in total. The molecule has 6 aliphatic rings. The monoisotopic (exact) mass is 1060 g/mol. The molecule has 0 radical (unpaired) electrons. The van der Waals surface area contributed by atoms with E-state index < -0.39 is 30.9 Å². The van der Waals surface area contributed by atoms with Gasteiger partial charge in [-0.1, -0.05) is 0 Å². The van der Waals surface area contributed by atoms with Gasteiger partial charge in [0, 0.05) is 93.8 Å². The van der Waals surface area contributed by atoms with Crippen molar-refractivity contribution in [1.29, 1.82) is 0 Å². The van der Waals surface area contributed by atoms with Gasteiger partial charge in [-0.2, -0.15) is 4.98 Å². The largest absolute Gasteiger partial charge is 0.494 e. The van der Waals surface area contributed by atoms with E-state index in [0.29, 0.717) is 72.6 Å². The molecule has 72 heavy (non-hydrogen) atoms. The SMILES string of the molecule is COc1cc(N2CCC3(CC2)CCN(C2CCN(C4CN(c5ccc6c(c5)C(=O)N(C5CCC(=O)NC5=O)C6=O)C4)CC2)CC3)c(C)cc1Nc1ncc(Br)c(Nc2ccc3nccnc3c2P(C)(C)=O)n1. The molecule has 5 saturated heterocycles. The molecule has 376 valence electrons. The summed E-state index contributed by atoms with van der Waals surface area (Å²) < 4.78 is 20.2. The van der Waals surface area contributed by atoms with Gasteiger partial charge in [-0.3, -0.25) is 44.3 Å². The van der Waals surface area contributed by atoms with Gasteiger partial charge < -0.3 is 34.6 Å². The quantitative estimate of drug-likeness (QED) is 0.0936. The Morgan fingerprint density at radius 3 is 2.21 bits per heavy atom. The molecule has 3 N–H and O–H groups in total. The van der Waals surface area contributed by atoms with Crippen molar-refractivity contribution in [1.82, 2.24) is 40.0 Å². The average molecular weight is 1060 g/mol. The summed E-state index contributed by atoms with van der Waals surface area (Å²) in [4.78, 5) is 80.3. The van der Waals surface area contributed by atoms with Crippen LogP contribution in [-0.2, 0) is 14.2 Å². The summed E-state index contributed by atoms with van der Waals surface area (Å²) in [7, 11) is -1.09. The van der Waals surface area contributed by atoms with Crippen LogP contribution in [0.4, 0.5) is 34.5 Å². The predicted molar refractivity (Wildman–Crippen MR) is 281 cm³/mol. The Kier molecular flexibility index (Phi) is 12.8. The second kappa shape index (κ2) is 19.1. The van der Waals surface area contributed by atoms with Crippen molar-refractivity contribution < 1.29 is 28.5 Å². The summed E-state index contributed by atoms with van der Waals surface area (Å²) in [6, 6.07) is 13.5. The normalized spacial score (nSPS) is 21.3. The van der Waals surface area contributed by atoms with Crippen molar-refractivity contribution in [3.63, 3.8) is 0 Å². The Morgan fingerprint density at radius 2 is 1.49 bits per heavy atom. The van der Waals surface area contributed by atoms with Gasteiger partial charge >= 0.3 is 0 Å². The van der Waals surface area contributed by atoms with Crippen LogP contribution in [0.25, 0.3) is 11.0 Å². The Hall–Kier alpha value is -6.01. The third-order valence-electron chi connectivity index (χ3n) is 16.1. The first-order valence-corrected chi connectivity index (χ1v) is 28.4. The van der Waals surface area contributed by atoms with Gasteiger partial charge in [-0.25, -0.2) is 4.98 Å². The van der Waals surface area contributed by atoms with Crippen LogP contribution in [0.3, 0.4) is 0 Å². The van der Waals surface area contributed by atoms with Gasteiger partial charge in [-0.15, -0.1) is 0 Å². The summed E-state index contributed by atoms with van der Waals surface area (Å²) in [6.45, 7) is 13.8. The first-order valence-electron chi connectivity index (χ1n) is 25.0. The number of anilines is 6. The van der Waals surface area contributed by atoms with Gasteiger partial charge in [0.15, 0.2) is 0 Å². The third-order valence-corrected chi connectivity index (χ3v) is 18.2. The van der Waals surface area contributed by atoms with E-state index in [4.69, 9.17) is 9.72 Å². The summed E-state index contributed by atoms with van der Waals surface area (Å²) in [6.07, 6.45) is 12.3. The van der Waals surface area contributed by atoms with E-state index in [-0.39, 0.29) is 18.7 Å². The fourth-order valence-corrected chi connectivity index (χ4v) is 13.7. The highest BCUT2D eigenvalue weighted by Crippen LogP contribution is 2.46. The highest BCUT2D eigenvalue weighted by atomic mass is 79.9. The zero-order chi connectivity index (χ0) is 50.1. The molecule has 1 atom stereocenters. The lowest BCUT2D eigenvalue weighted by Crippen LogP contribution is -2.62. The van der Waals surface area contributed by atoms with Crippen LogP contribution in [0, 0.1) is 12.3 Å². The molecular formula is C52H60BrN12O6P. The first kappa shape index (κ1) is 48.3. The summed E-state index contributed by atoms with van der Waals surface area (Å²) >= 11 is 3.60. The molecule has 1 spiro atoms. The van der Waals surface area contributed by atoms with Crippen LogP contribution >= 0.6 is 23.1 Å². The third kappa shape index (κ3) is 9.10. The van der Waals surface area contributed by atoms with E-state index in [1.807, 2.05) is 18.2 Å². The van der Waals surface area contributed by atoms with E-state index in [1.165, 1.54) is 44.2 Å². The number of nitrogens with zero attached hydrogens (tertiary/aromatic N) is 9. The molecule has 20 heteroatoms. The molecule has 1 unspecified atom stereocenters. The smallest absolute Gasteiger partial charge is 0.262 e. The maximum Gasteiger partial charge on any atom is 0.262 e. The Morgan fingerprint density at radius 1 is 0.778 bits per heavy atom. The number of fused-ring (bicyclic) bond motifs is 2. The molecule has 0 saturated carbocycles. The predicted octanol–water partition coefficient (Wildman–Crippen LogP) is 6.67. The van der Waals surface area contributed by atoms with Crippen molar-refractivity contribution in [2.45, 2.75) is 76.4 Å². The van der Waals surface area contributed by atoms with E-state index in [1.54, 1.807) is 51.2 Å². The molecular weight excluding hydrogens is 1000 g/mol. The van der Waals surface area contributed by atoms with Crippen LogP contribution in [0.1, 0.15) is 77.6 Å². The number of amides is 4. The molecule has 6 aliphatic heterocycles. The minimum Gasteiger partial charge on any atom is -0.494 e. The van der Waals surface area contributed by atoms with Crippen LogP contribution < -0.4 is 35.8 Å². The fraction of sp³-hybridized carbons (Fsp3) is 0.462. The van der Waals surface area contributed by atoms with Crippen molar-refractivity contribution >= 4 is 97.6 Å². The zero-order valence-corrected chi connectivity index (χ0v) is 43.6. The van der Waals surface area contributed by atoms with Crippen LogP contribution in [0.15, 0.2) is 65.5 Å². The summed E-state index contributed by atoms with van der Waals surface area (Å²) in [5.74, 6) is -0.332. The number of nitrogens with one attached hydrogen (secondary N) is 3. The number of benzene rings is 3. The van der Waals surface area contributed by atoms with Gasteiger partial charge in [0.1, 0.15) is 30.3 Å². The molecule has 11 rings (SSSR count). The van der Waals surface area contributed by atoms with Gasteiger partial charge in [-0.05, 0) is 142 Å². The van der Waals surface area contributed by atoms with Gasteiger partial charge in [0.2, 0.25) is 17.8 Å². The molecule has 0 aliphatic carbocycles. The van der Waals surface area contributed by atoms with Crippen LogP contribution in [0.5, 0.6) is 5.75 Å². The van der Waals surface area contributed by atoms with Crippen molar-refractivity contribution in [3.05, 3.63) is 82.2 Å². The number of aryl methyl sites for hydroxylation is 1. The fourth-order valence-electron chi connectivity index (χ4n) is 12.0. The molecule has 0 bridgehead atoms. The molecule has 5 fully saturated rings. The number of hydrogen-bond donors (Lipinski definition) is 3. The molecule has 4 amide bonds. The summed E-state index contributed by atoms with van der Waals surface area (Å²) in [5.41, 5.74) is 6.92. The number of carbonyl (C=O) groups excluding carboxylic acids is 4. The number of hydrogen-bond acceptors (Lipinski definition) is 16. The first-order chi connectivity index (χ1) is 34.6. The van der Waals surface area contributed by atoms with E-state index >= 15 is 0 Å².